The molecule has 22 heavy (non-hydrogen) atoms. The second-order valence-corrected chi connectivity index (χ2v) is 5.84. The number of piperazine rings is 1. The number of carbonyl (C=O) groups excluding carboxylic acids is 2. The van der Waals surface area contributed by atoms with Crippen LogP contribution in [-0.2, 0) is 16.6 Å². The molecule has 2 amide bonds. The molecule has 1 aromatic rings. The predicted molar refractivity (Wildman–Crippen MR) is 84.1 cm³/mol. The normalized spacial score (nSPS) is 18.6. The second kappa shape index (κ2) is 7.42. The Morgan fingerprint density at radius 3 is 2.45 bits per heavy atom. The van der Waals surface area contributed by atoms with Gasteiger partial charge in [0.1, 0.15) is 11.9 Å². The summed E-state index contributed by atoms with van der Waals surface area (Å²) in [5.74, 6) is 1.17. The van der Waals surface area contributed by atoms with Crippen molar-refractivity contribution < 1.29 is 9.59 Å². The van der Waals surface area contributed by atoms with Crippen molar-refractivity contribution in [1.29, 1.82) is 0 Å². The first-order valence-corrected chi connectivity index (χ1v) is 8.12. The van der Waals surface area contributed by atoms with Crippen molar-refractivity contribution in [3.8, 4) is 0 Å². The number of nitrogens with zero attached hydrogens (tertiary/aromatic N) is 4. The van der Waals surface area contributed by atoms with Crippen LogP contribution in [0.5, 0.6) is 0 Å². The van der Waals surface area contributed by atoms with Crippen LogP contribution in [0.4, 0.5) is 0 Å². The van der Waals surface area contributed by atoms with E-state index in [0.29, 0.717) is 32.5 Å². The molecule has 0 aliphatic carbocycles. The molecule has 2 rings (SSSR count). The van der Waals surface area contributed by atoms with Crippen molar-refractivity contribution in [2.75, 3.05) is 19.6 Å². The van der Waals surface area contributed by atoms with Crippen LogP contribution in [-0.4, -0.2) is 50.8 Å². The van der Waals surface area contributed by atoms with Gasteiger partial charge in [-0.1, -0.05) is 13.8 Å². The molecule has 1 saturated heterocycles. The molecule has 6 heteroatoms. The Bertz CT molecular complexity index is 526. The van der Waals surface area contributed by atoms with Gasteiger partial charge in [0.15, 0.2) is 0 Å². The number of aryl methyl sites for hydroxylation is 1. The van der Waals surface area contributed by atoms with Gasteiger partial charge in [0.05, 0.1) is 0 Å². The summed E-state index contributed by atoms with van der Waals surface area (Å²) in [5, 5.41) is 0. The summed E-state index contributed by atoms with van der Waals surface area (Å²) < 4.78 is 1.94. The van der Waals surface area contributed by atoms with Gasteiger partial charge in [-0.25, -0.2) is 4.98 Å². The van der Waals surface area contributed by atoms with E-state index in [1.165, 1.54) is 0 Å². The molecule has 1 fully saturated rings. The van der Waals surface area contributed by atoms with E-state index in [1.54, 1.807) is 6.20 Å². The Hall–Kier alpha value is -1.85. The summed E-state index contributed by atoms with van der Waals surface area (Å²) in [6.07, 6.45) is 6.41. The first-order valence-electron chi connectivity index (χ1n) is 8.12. The Morgan fingerprint density at radius 1 is 1.18 bits per heavy atom. The van der Waals surface area contributed by atoms with Gasteiger partial charge in [-0.05, 0) is 12.8 Å². The van der Waals surface area contributed by atoms with E-state index in [0.717, 1.165) is 18.7 Å². The number of carbonyl (C=O) groups is 2. The molecule has 1 aliphatic rings. The molecule has 0 saturated carbocycles. The fourth-order valence-electron chi connectivity index (χ4n) is 2.96. The fraction of sp³-hybridized carbons (Fsp3) is 0.688. The van der Waals surface area contributed by atoms with E-state index in [-0.39, 0.29) is 17.9 Å². The van der Waals surface area contributed by atoms with Gasteiger partial charge in [0, 0.05) is 51.9 Å². The Kier molecular flexibility index (Phi) is 5.57. The lowest BCUT2D eigenvalue weighted by molar-refractivity contribution is -0.143. The third kappa shape index (κ3) is 3.48. The first kappa shape index (κ1) is 16.5. The van der Waals surface area contributed by atoms with Gasteiger partial charge in [-0.3, -0.25) is 9.59 Å². The summed E-state index contributed by atoms with van der Waals surface area (Å²) in [5.41, 5.74) is 0. The van der Waals surface area contributed by atoms with E-state index in [9.17, 15) is 9.59 Å². The van der Waals surface area contributed by atoms with E-state index >= 15 is 0 Å². The maximum absolute atomic E-state index is 12.4. The van der Waals surface area contributed by atoms with Crippen molar-refractivity contribution >= 4 is 11.8 Å². The summed E-state index contributed by atoms with van der Waals surface area (Å²) >= 11 is 0. The van der Waals surface area contributed by atoms with Crippen LogP contribution in [0.2, 0.25) is 0 Å². The third-order valence-corrected chi connectivity index (χ3v) is 4.14. The van der Waals surface area contributed by atoms with Gasteiger partial charge in [-0.15, -0.1) is 0 Å². The molecule has 0 radical (unpaired) electrons. The smallest absolute Gasteiger partial charge is 0.223 e. The summed E-state index contributed by atoms with van der Waals surface area (Å²) in [6, 6.07) is -0.145. The summed E-state index contributed by atoms with van der Waals surface area (Å²) in [6.45, 7) is 5.77. The average molecular weight is 306 g/mol. The van der Waals surface area contributed by atoms with Crippen LogP contribution in [0.25, 0.3) is 0 Å². The van der Waals surface area contributed by atoms with Crippen molar-refractivity contribution in [2.45, 2.75) is 45.6 Å². The number of rotatable bonds is 5. The average Bonchev–Trinajstić information content (AvgIpc) is 2.93. The van der Waals surface area contributed by atoms with Crippen LogP contribution in [0, 0.1) is 0 Å². The van der Waals surface area contributed by atoms with Crippen LogP contribution >= 0.6 is 0 Å². The Labute approximate surface area is 132 Å². The molecule has 1 aromatic heterocycles. The Balaban J connectivity index is 2.20. The highest BCUT2D eigenvalue weighted by atomic mass is 16.2. The van der Waals surface area contributed by atoms with Gasteiger partial charge in [-0.2, -0.15) is 0 Å². The molecule has 0 unspecified atom stereocenters. The minimum Gasteiger partial charge on any atom is -0.338 e. The number of amides is 2. The van der Waals surface area contributed by atoms with E-state index < -0.39 is 0 Å². The van der Waals surface area contributed by atoms with Crippen LogP contribution in [0.3, 0.4) is 0 Å². The zero-order valence-corrected chi connectivity index (χ0v) is 13.8. The maximum atomic E-state index is 12.4. The lowest BCUT2D eigenvalue weighted by atomic mass is 10.1. The van der Waals surface area contributed by atoms with Crippen LogP contribution < -0.4 is 0 Å². The van der Waals surface area contributed by atoms with Crippen molar-refractivity contribution in [3.63, 3.8) is 0 Å². The number of hydrogen-bond acceptors (Lipinski definition) is 3. The first-order chi connectivity index (χ1) is 10.6. The molecule has 0 spiro atoms. The largest absolute Gasteiger partial charge is 0.338 e. The lowest BCUT2D eigenvalue weighted by Gasteiger charge is -2.41. The standard InChI is InChI=1S/C16H26N4O2/c1-4-6-14(21)19-10-11-20(15(22)7-5-2)13(12-19)16-17-8-9-18(16)3/h8-9,13H,4-7,10-12H2,1-3H3/t13-/m0/s1. The Morgan fingerprint density at radius 2 is 1.86 bits per heavy atom. The van der Waals surface area contributed by atoms with E-state index in [2.05, 4.69) is 4.98 Å². The highest BCUT2D eigenvalue weighted by Crippen LogP contribution is 2.25. The molecule has 1 atom stereocenters. The van der Waals surface area contributed by atoms with Crippen molar-refractivity contribution in [1.82, 2.24) is 19.4 Å². The number of imidazole rings is 1. The lowest BCUT2D eigenvalue weighted by Crippen LogP contribution is -2.52. The monoisotopic (exact) mass is 306 g/mol. The van der Waals surface area contributed by atoms with E-state index in [4.69, 9.17) is 0 Å². The molecule has 0 aromatic carbocycles. The SMILES string of the molecule is CCCC(=O)N1CCN(C(=O)CCC)[C@H](c2nccn2C)C1. The molecule has 0 N–H and O–H groups in total. The topological polar surface area (TPSA) is 58.4 Å². The zero-order chi connectivity index (χ0) is 16.1. The molecular formula is C16H26N4O2. The highest BCUT2D eigenvalue weighted by molar-refractivity contribution is 5.79. The van der Waals surface area contributed by atoms with Crippen molar-refractivity contribution in [3.05, 3.63) is 18.2 Å². The predicted octanol–water partition coefficient (Wildman–Crippen LogP) is 1.73. The molecule has 1 aliphatic heterocycles. The van der Waals surface area contributed by atoms with E-state index in [1.807, 2.05) is 41.5 Å². The number of hydrogen-bond donors (Lipinski definition) is 0. The van der Waals surface area contributed by atoms with Gasteiger partial charge in [0.2, 0.25) is 11.8 Å². The summed E-state index contributed by atoms with van der Waals surface area (Å²) in [4.78, 5) is 32.8. The summed E-state index contributed by atoms with van der Waals surface area (Å²) in [7, 11) is 1.93. The van der Waals surface area contributed by atoms with Crippen LogP contribution in [0.15, 0.2) is 12.4 Å². The molecular weight excluding hydrogens is 280 g/mol. The number of aromatic nitrogens is 2. The van der Waals surface area contributed by atoms with Gasteiger partial charge < -0.3 is 14.4 Å². The third-order valence-electron chi connectivity index (χ3n) is 4.14. The molecule has 122 valence electrons. The maximum Gasteiger partial charge on any atom is 0.223 e. The highest BCUT2D eigenvalue weighted by Gasteiger charge is 2.34. The van der Waals surface area contributed by atoms with Crippen LogP contribution in [0.1, 0.15) is 51.4 Å². The minimum absolute atomic E-state index is 0.145. The minimum atomic E-state index is -0.145. The van der Waals surface area contributed by atoms with Gasteiger partial charge >= 0.3 is 0 Å². The fourth-order valence-corrected chi connectivity index (χ4v) is 2.96. The van der Waals surface area contributed by atoms with Gasteiger partial charge in [0.25, 0.3) is 0 Å². The molecule has 2 heterocycles. The molecule has 6 nitrogen and oxygen atoms in total. The second-order valence-electron chi connectivity index (χ2n) is 5.84. The quantitative estimate of drug-likeness (QED) is 0.832. The zero-order valence-electron chi connectivity index (χ0n) is 13.8. The van der Waals surface area contributed by atoms with Crippen molar-refractivity contribution in [2.24, 2.45) is 7.05 Å². The molecule has 0 bridgehead atoms.